The summed E-state index contributed by atoms with van der Waals surface area (Å²) in [6.07, 6.45) is -2.56. The molecule has 14 atom stereocenters. The highest BCUT2D eigenvalue weighted by Gasteiger charge is 2.81. The first-order chi connectivity index (χ1) is 34.7. The first-order valence-electron chi connectivity index (χ1n) is 24.6. The van der Waals surface area contributed by atoms with E-state index in [9.17, 15) is 34.2 Å². The van der Waals surface area contributed by atoms with Crippen LogP contribution in [0.3, 0.4) is 0 Å². The summed E-state index contributed by atoms with van der Waals surface area (Å²) in [7, 11) is 4.09. The van der Waals surface area contributed by atoms with Crippen LogP contribution >= 0.6 is 0 Å². The van der Waals surface area contributed by atoms with Gasteiger partial charge in [0.2, 0.25) is 12.0 Å². The van der Waals surface area contributed by atoms with Gasteiger partial charge in [-0.15, -0.1) is 0 Å². The van der Waals surface area contributed by atoms with Crippen molar-refractivity contribution in [2.24, 2.45) is 11.3 Å². The van der Waals surface area contributed by atoms with Crippen molar-refractivity contribution in [3.05, 3.63) is 70.9 Å². The topological polar surface area (TPSA) is 306 Å². The number of para-hydroxylation sites is 1. The van der Waals surface area contributed by atoms with E-state index >= 15 is 4.79 Å². The van der Waals surface area contributed by atoms with Crippen molar-refractivity contribution in [2.45, 2.75) is 124 Å². The van der Waals surface area contributed by atoms with E-state index in [2.05, 4.69) is 20.9 Å². The zero-order valence-corrected chi connectivity index (χ0v) is 41.7. The molecule has 6 heterocycles. The van der Waals surface area contributed by atoms with Crippen molar-refractivity contribution in [3.8, 4) is 5.75 Å². The number of aldehydes is 1. The van der Waals surface area contributed by atoms with Crippen molar-refractivity contribution in [3.63, 3.8) is 0 Å². The molecule has 3 fully saturated rings. The van der Waals surface area contributed by atoms with E-state index in [0.717, 1.165) is 16.5 Å². The van der Waals surface area contributed by atoms with Crippen LogP contribution in [0.25, 0.3) is 10.9 Å². The number of rotatable bonds is 13. The van der Waals surface area contributed by atoms with Crippen LogP contribution in [0.15, 0.2) is 48.6 Å². The molecule has 2 aromatic carbocycles. The van der Waals surface area contributed by atoms with Gasteiger partial charge in [0.05, 0.1) is 38.7 Å². The van der Waals surface area contributed by atoms with Crippen LogP contribution in [0.1, 0.15) is 75.3 Å². The third-order valence-corrected chi connectivity index (χ3v) is 16.9. The van der Waals surface area contributed by atoms with Gasteiger partial charge in [0.15, 0.2) is 18.5 Å². The Hall–Kier alpha value is -5.78. The number of aliphatic carboxylic acids is 1. The molecule has 6 aliphatic rings. The number of aliphatic hydroxyl groups is 6. The number of aromatic nitrogens is 1. The van der Waals surface area contributed by atoms with Crippen LogP contribution in [-0.2, 0) is 60.2 Å². The maximum Gasteiger partial charge on any atom is 0.344 e. The molecule has 21 nitrogen and oxygen atoms in total. The zero-order valence-electron chi connectivity index (χ0n) is 41.7. The molecule has 396 valence electrons. The van der Waals surface area contributed by atoms with Gasteiger partial charge in [0.25, 0.3) is 0 Å². The molecule has 0 radical (unpaired) electrons. The molecular formula is C52H66N4O17. The largest absolute Gasteiger partial charge is 0.496 e. The summed E-state index contributed by atoms with van der Waals surface area (Å²) < 4.78 is 23.7. The van der Waals surface area contributed by atoms with E-state index < -0.39 is 93.9 Å². The van der Waals surface area contributed by atoms with E-state index in [1.165, 1.54) is 33.2 Å². The lowest BCUT2D eigenvalue weighted by Gasteiger charge is -2.63. The lowest BCUT2D eigenvalue weighted by molar-refractivity contribution is -0.228. The molecule has 21 heteroatoms. The molecule has 1 spiro atoms. The molecule has 8 N–H and O–H groups in total. The summed E-state index contributed by atoms with van der Waals surface area (Å²) in [5.41, 5.74) is -3.15. The predicted octanol–water partition coefficient (Wildman–Crippen LogP) is 0.231. The number of carboxylic acids is 1. The van der Waals surface area contributed by atoms with Crippen molar-refractivity contribution in [1.29, 1.82) is 0 Å². The van der Waals surface area contributed by atoms with Crippen LogP contribution in [0.5, 0.6) is 5.75 Å². The number of carbonyl (C=O) groups is 6. The second-order valence-electron chi connectivity index (χ2n) is 20.5. The molecule has 5 aliphatic heterocycles. The maximum absolute atomic E-state index is 15.3. The van der Waals surface area contributed by atoms with E-state index in [4.69, 9.17) is 44.5 Å². The lowest BCUT2D eigenvalue weighted by atomic mass is 9.47. The fourth-order valence-electron chi connectivity index (χ4n) is 14.0. The summed E-state index contributed by atoms with van der Waals surface area (Å²) in [5, 5.41) is 69.4. The number of nitrogens with one attached hydrogen (secondary N) is 1. The van der Waals surface area contributed by atoms with E-state index in [1.54, 1.807) is 6.07 Å². The number of H-pyrrole nitrogens is 1. The Bertz CT molecular complexity index is 2690. The third-order valence-electron chi connectivity index (χ3n) is 16.9. The summed E-state index contributed by atoms with van der Waals surface area (Å²) in [6, 6.07) is 9.97. The highest BCUT2D eigenvalue weighted by atomic mass is 16.6. The van der Waals surface area contributed by atoms with E-state index in [1.807, 2.05) is 50.3 Å². The van der Waals surface area contributed by atoms with Crippen molar-refractivity contribution in [1.82, 2.24) is 14.8 Å². The molecule has 1 aliphatic carbocycles. The normalized spacial score (nSPS) is 33.5. The summed E-state index contributed by atoms with van der Waals surface area (Å²) in [5.74, 6) is -3.82. The minimum Gasteiger partial charge on any atom is -0.496 e. The number of carbonyl (C=O) groups excluding carboxylic acids is 5. The van der Waals surface area contributed by atoms with Crippen LogP contribution < -0.4 is 9.64 Å². The Kier molecular flexibility index (Phi) is 14.5. The first kappa shape index (κ1) is 53.5. The monoisotopic (exact) mass is 1020 g/mol. The van der Waals surface area contributed by atoms with Gasteiger partial charge in [-0.05, 0) is 74.2 Å². The Morgan fingerprint density at radius 2 is 1.62 bits per heavy atom. The van der Waals surface area contributed by atoms with Crippen LogP contribution in [0, 0.1) is 11.3 Å². The molecule has 1 amide bonds. The summed E-state index contributed by atoms with van der Waals surface area (Å²) >= 11 is 0. The second-order valence-corrected chi connectivity index (χ2v) is 20.5. The molecule has 2 saturated heterocycles. The third kappa shape index (κ3) is 8.05. The number of carboxylic acid groups (broad SMARTS) is 1. The van der Waals surface area contributed by atoms with Crippen molar-refractivity contribution >= 4 is 53.2 Å². The molecule has 3 aromatic rings. The van der Waals surface area contributed by atoms with Gasteiger partial charge in [-0.3, -0.25) is 24.2 Å². The number of aromatic amines is 1. The summed E-state index contributed by atoms with van der Waals surface area (Å²) in [4.78, 5) is 86.1. The van der Waals surface area contributed by atoms with Crippen LogP contribution in [-0.4, -0.2) is 195 Å². The number of fused-ring (bicyclic) bond motifs is 6. The minimum atomic E-state index is -2.53. The molecule has 9 rings (SSSR count). The Balaban J connectivity index is 0.000000483. The number of ether oxygens (including phenoxy) is 4. The number of piperidine rings is 1. The minimum absolute atomic E-state index is 0.0809. The zero-order chi connectivity index (χ0) is 53.2. The van der Waals surface area contributed by atoms with Gasteiger partial charge in [0.1, 0.15) is 29.5 Å². The number of nitrogens with zero attached hydrogens (tertiary/aromatic N) is 3. The highest BCUT2D eigenvalue weighted by Crippen LogP contribution is 2.68. The molecule has 1 saturated carbocycles. The molecule has 73 heavy (non-hydrogen) atoms. The SMILES string of the molecule is CC[C@]1(O)C[C@@H]2CN(CCc3c([nH]c4ccccc34)[C@@](C(=O)OC)(c3cc4c(cc3OC)N(C=O)[C@H]3[C@@](O)(C(=O)OC)[C@H](OC(C)=O)[C@]5(CC)C=CCN6CC[C@]43[C@@H]65)C2)C1.O=C[C@H](O)[C@@H](O)[C@H](O)[C@H](O)C(=O)O. The number of anilines is 1. The van der Waals surface area contributed by atoms with Crippen LogP contribution in [0.4, 0.5) is 5.69 Å². The number of amides is 1. The number of aliphatic hydroxyl groups excluding tert-OH is 4. The number of hydrogen-bond acceptors (Lipinski definition) is 18. The smallest absolute Gasteiger partial charge is 0.344 e. The quantitative estimate of drug-likeness (QED) is 0.0492. The van der Waals surface area contributed by atoms with Gasteiger partial charge in [-0.25, -0.2) is 9.59 Å². The highest BCUT2D eigenvalue weighted by molar-refractivity contribution is 5.96. The second kappa shape index (κ2) is 19.8. The number of benzene rings is 2. The molecule has 1 aromatic heterocycles. The molecule has 2 bridgehead atoms. The average Bonchev–Trinajstić information content (AvgIpc) is 4.07. The van der Waals surface area contributed by atoms with Gasteiger partial charge in [0, 0.05) is 78.2 Å². The van der Waals surface area contributed by atoms with Crippen molar-refractivity contribution < 1.29 is 83.5 Å². The predicted molar refractivity (Wildman–Crippen MR) is 258 cm³/mol. The molecule has 1 unspecified atom stereocenters. The van der Waals surface area contributed by atoms with Crippen LogP contribution in [0.2, 0.25) is 0 Å². The molecular weight excluding hydrogens is 953 g/mol. The Labute approximate surface area is 421 Å². The lowest BCUT2D eigenvalue weighted by Crippen LogP contribution is -2.81. The fourth-order valence-corrected chi connectivity index (χ4v) is 14.0. The Morgan fingerprint density at radius 1 is 0.904 bits per heavy atom. The van der Waals surface area contributed by atoms with Gasteiger partial charge in [-0.1, -0.05) is 44.2 Å². The Morgan fingerprint density at radius 3 is 2.23 bits per heavy atom. The first-order valence-corrected chi connectivity index (χ1v) is 24.6. The standard InChI is InChI=1S/C46H56N4O10.C6H10O7/c1-7-42(55)22-28-23-45(40(53)58-5,36-30(14-18-48(24-28)25-42)29-12-9-10-13-33(29)47-36)32-20-31-34(21-35(32)57-4)50(26-51)38-44(31)16-19-49-17-11-15-43(8-2,37(44)49)39(60-27(3)52)46(38,56)41(54)59-6;7-1-2(8)3(9)4(10)5(11)6(12)13/h9-13,15,20-21,26,28,37-39,47,55-56H,7-8,14,16-19,22-25H2,1-6H3;1-5,8-11H,(H,12,13)/t28-,37-,38+,39+,42-,43+,44+,45-,46-;2-,3+,4-,5-/m00/s1. The van der Waals surface area contributed by atoms with E-state index in [-0.39, 0.29) is 18.6 Å². The number of hydrogen-bond donors (Lipinski definition) is 8. The fraction of sp³-hybridized carbons (Fsp3) is 0.577. The van der Waals surface area contributed by atoms with Gasteiger partial charge < -0.3 is 69.4 Å². The summed E-state index contributed by atoms with van der Waals surface area (Å²) in [6.45, 7) is 8.16. The van der Waals surface area contributed by atoms with Crippen molar-refractivity contribution in [2.75, 3.05) is 59.0 Å². The van der Waals surface area contributed by atoms with Gasteiger partial charge in [-0.2, -0.15) is 0 Å². The average molecular weight is 1020 g/mol. The van der Waals surface area contributed by atoms with Gasteiger partial charge >= 0.3 is 23.9 Å². The van der Waals surface area contributed by atoms with E-state index in [0.29, 0.717) is 99.5 Å². The number of esters is 3. The maximum atomic E-state index is 15.3. The number of methoxy groups -OCH3 is 3.